The van der Waals surface area contributed by atoms with Crippen molar-refractivity contribution in [1.29, 1.82) is 0 Å². The molecule has 0 unspecified atom stereocenters. The van der Waals surface area contributed by atoms with E-state index in [1.807, 2.05) is 6.20 Å². The Balaban J connectivity index is 1.03. The molecule has 3 heterocycles. The van der Waals surface area contributed by atoms with Gasteiger partial charge in [0.05, 0.1) is 28.1 Å². The van der Waals surface area contributed by atoms with Crippen LogP contribution in [-0.4, -0.2) is 16.2 Å². The zero-order chi connectivity index (χ0) is 44.1. The van der Waals surface area contributed by atoms with Crippen molar-refractivity contribution in [2.45, 2.75) is 71.6 Å². The van der Waals surface area contributed by atoms with Crippen molar-refractivity contribution in [3.63, 3.8) is 0 Å². The fourth-order valence-electron chi connectivity index (χ4n) is 10.2. The summed E-state index contributed by atoms with van der Waals surface area (Å²) in [6.07, 6.45) is 1.95. The molecule has 0 N–H and O–H groups in total. The van der Waals surface area contributed by atoms with Gasteiger partial charge in [0.25, 0.3) is 0 Å². The lowest BCUT2D eigenvalue weighted by molar-refractivity contribution is 0.481. The van der Waals surface area contributed by atoms with Gasteiger partial charge in [0.1, 0.15) is 24.0 Å². The monoisotopic (exact) mass is 834 g/mol. The van der Waals surface area contributed by atoms with Crippen molar-refractivity contribution in [2.75, 3.05) is 16.5 Å². The van der Waals surface area contributed by atoms with E-state index < -0.39 is 0 Å². The molecule has 0 bridgehead atoms. The molecule has 1 aliphatic heterocycles. The third-order valence-electron chi connectivity index (χ3n) is 13.6. The van der Waals surface area contributed by atoms with Crippen molar-refractivity contribution in [1.82, 2.24) is 9.55 Å². The quantitative estimate of drug-likeness (QED) is 0.160. The summed E-state index contributed by atoms with van der Waals surface area (Å²) < 4.78 is 9.37. The number of para-hydroxylation sites is 1. The third-order valence-corrected chi connectivity index (χ3v) is 13.6. The lowest BCUT2D eigenvalue weighted by atomic mass is 9.81. The maximum Gasteiger partial charge on any atom is 0.137 e. The van der Waals surface area contributed by atoms with Gasteiger partial charge >= 0.3 is 0 Å². The maximum atomic E-state index is 7.03. The Morgan fingerprint density at radius 2 is 1.16 bits per heavy atom. The molecule has 0 radical (unpaired) electrons. The molecule has 1 aliphatic carbocycles. The van der Waals surface area contributed by atoms with Crippen LogP contribution in [0.1, 0.15) is 77.6 Å². The second-order valence-electron chi connectivity index (χ2n) is 20.2. The van der Waals surface area contributed by atoms with Crippen molar-refractivity contribution < 1.29 is 4.74 Å². The highest BCUT2D eigenvalue weighted by molar-refractivity contribution is 6.16. The fourth-order valence-corrected chi connectivity index (χ4v) is 10.2. The first-order valence-electron chi connectivity index (χ1n) is 22.6. The standard InChI is InChI=1S/C59H54N4O/c1-57(2,3)40-28-29-49-51(32-40)61(37-62(49)56-45(38-18-11-9-12-19-38)24-16-25-46(56)39-20-13-10-14-21-39)42-22-15-23-43(34-42)64-44-35-48-55-52(36-44)63(53-33-41(30-31-60-53)58(4,5)6)50-27-17-26-47(54(50)55)59(48,7)8/h9-36H,37H2,1-8H3. The van der Waals surface area contributed by atoms with Crippen molar-refractivity contribution in [2.24, 2.45) is 0 Å². The van der Waals surface area contributed by atoms with Crippen LogP contribution in [0.5, 0.6) is 11.5 Å². The predicted octanol–water partition coefficient (Wildman–Crippen LogP) is 15.8. The second-order valence-corrected chi connectivity index (χ2v) is 20.2. The maximum absolute atomic E-state index is 7.03. The molecule has 2 aromatic heterocycles. The Kier molecular flexibility index (Phi) is 8.98. The summed E-state index contributed by atoms with van der Waals surface area (Å²) in [7, 11) is 0. The van der Waals surface area contributed by atoms with Crippen LogP contribution >= 0.6 is 0 Å². The Morgan fingerprint density at radius 3 is 1.84 bits per heavy atom. The molecule has 9 aromatic rings. The number of ether oxygens (including phenoxy) is 1. The van der Waals surface area contributed by atoms with Crippen LogP contribution in [0, 0.1) is 0 Å². The SMILES string of the molecule is CC(C)(C)c1ccnc(-n2c3cccc4c3c3c(cc(Oc5cccc(N6CN(c7c(-c8ccccc8)cccc7-c7ccccc7)c7ccc(C(C)(C)C)cc76)c5)cc32)C4(C)C)c1. The largest absolute Gasteiger partial charge is 0.457 e. The van der Waals surface area contributed by atoms with Crippen molar-refractivity contribution >= 4 is 44.6 Å². The average molecular weight is 835 g/mol. The molecule has 0 amide bonds. The van der Waals surface area contributed by atoms with Gasteiger partial charge in [-0.2, -0.15) is 0 Å². The van der Waals surface area contributed by atoms with Crippen LogP contribution in [0.15, 0.2) is 170 Å². The van der Waals surface area contributed by atoms with E-state index in [0.717, 1.165) is 28.5 Å². The van der Waals surface area contributed by atoms with Crippen LogP contribution in [0.25, 0.3) is 49.9 Å². The van der Waals surface area contributed by atoms with Gasteiger partial charge in [-0.25, -0.2) is 4.98 Å². The summed E-state index contributed by atoms with van der Waals surface area (Å²) in [6, 6.07) is 59.5. The molecule has 5 heteroatoms. The summed E-state index contributed by atoms with van der Waals surface area (Å²) >= 11 is 0. The van der Waals surface area contributed by atoms with Gasteiger partial charge in [-0.1, -0.05) is 159 Å². The number of aromatic nitrogens is 2. The van der Waals surface area contributed by atoms with Crippen LogP contribution in [-0.2, 0) is 16.2 Å². The molecule has 64 heavy (non-hydrogen) atoms. The van der Waals surface area contributed by atoms with Crippen LogP contribution in [0.2, 0.25) is 0 Å². The number of rotatable bonds is 7. The summed E-state index contributed by atoms with van der Waals surface area (Å²) in [5.41, 5.74) is 16.6. The minimum atomic E-state index is -0.189. The van der Waals surface area contributed by atoms with E-state index in [2.05, 4.69) is 234 Å². The van der Waals surface area contributed by atoms with E-state index in [1.54, 1.807) is 0 Å². The number of anilines is 4. The summed E-state index contributed by atoms with van der Waals surface area (Å²) in [5.74, 6) is 2.52. The van der Waals surface area contributed by atoms with Gasteiger partial charge < -0.3 is 14.5 Å². The average Bonchev–Trinajstić information content (AvgIpc) is 3.91. The number of benzene rings is 7. The zero-order valence-electron chi connectivity index (χ0n) is 38.1. The lowest BCUT2D eigenvalue weighted by Crippen LogP contribution is -2.25. The molecular weight excluding hydrogens is 781 g/mol. The van der Waals surface area contributed by atoms with Crippen LogP contribution in [0.4, 0.5) is 22.7 Å². The van der Waals surface area contributed by atoms with E-state index in [0.29, 0.717) is 6.67 Å². The number of nitrogens with zero attached hydrogens (tertiary/aromatic N) is 4. The Labute approximate surface area is 377 Å². The highest BCUT2D eigenvalue weighted by Gasteiger charge is 2.38. The first-order valence-corrected chi connectivity index (χ1v) is 22.6. The van der Waals surface area contributed by atoms with Gasteiger partial charge in [0, 0.05) is 51.3 Å². The lowest BCUT2D eigenvalue weighted by Gasteiger charge is -2.27. The molecule has 0 atom stereocenters. The smallest absolute Gasteiger partial charge is 0.137 e. The van der Waals surface area contributed by atoms with E-state index in [1.165, 1.54) is 77.9 Å². The Morgan fingerprint density at radius 1 is 0.516 bits per heavy atom. The number of hydrogen-bond acceptors (Lipinski definition) is 4. The van der Waals surface area contributed by atoms with Crippen molar-refractivity contribution in [3.8, 4) is 39.6 Å². The molecular formula is C59H54N4O. The molecule has 0 saturated heterocycles. The van der Waals surface area contributed by atoms with E-state index in [-0.39, 0.29) is 16.2 Å². The minimum Gasteiger partial charge on any atom is -0.457 e. The summed E-state index contributed by atoms with van der Waals surface area (Å²) in [6.45, 7) is 18.9. The molecule has 11 rings (SSSR count). The molecule has 0 saturated carbocycles. The van der Waals surface area contributed by atoms with Gasteiger partial charge in [-0.15, -0.1) is 0 Å². The predicted molar refractivity (Wildman–Crippen MR) is 268 cm³/mol. The van der Waals surface area contributed by atoms with E-state index in [4.69, 9.17) is 9.72 Å². The Bertz CT molecular complexity index is 3220. The van der Waals surface area contributed by atoms with Gasteiger partial charge in [-0.05, 0) is 92.7 Å². The minimum absolute atomic E-state index is 0.0121. The van der Waals surface area contributed by atoms with Gasteiger partial charge in [0.15, 0.2) is 0 Å². The number of fused-ring (bicyclic) bond motifs is 1. The first kappa shape index (κ1) is 39.7. The third kappa shape index (κ3) is 6.39. The highest BCUT2D eigenvalue weighted by atomic mass is 16.5. The number of pyridine rings is 1. The molecule has 7 aromatic carbocycles. The molecule has 5 nitrogen and oxygen atoms in total. The summed E-state index contributed by atoms with van der Waals surface area (Å²) in [5, 5.41) is 2.60. The Hall–Kier alpha value is -7.11. The fraction of sp³-hybridized carbons (Fsp3) is 0.203. The molecule has 0 spiro atoms. The van der Waals surface area contributed by atoms with Crippen LogP contribution in [0.3, 0.4) is 0 Å². The van der Waals surface area contributed by atoms with E-state index >= 15 is 0 Å². The second kappa shape index (κ2) is 14.5. The van der Waals surface area contributed by atoms with Gasteiger partial charge in [-0.3, -0.25) is 4.57 Å². The molecule has 2 aliphatic rings. The number of hydrogen-bond donors (Lipinski definition) is 0. The van der Waals surface area contributed by atoms with Gasteiger partial charge in [0.2, 0.25) is 0 Å². The van der Waals surface area contributed by atoms with Crippen LogP contribution < -0.4 is 14.5 Å². The topological polar surface area (TPSA) is 33.5 Å². The van der Waals surface area contributed by atoms with Crippen molar-refractivity contribution in [3.05, 3.63) is 192 Å². The summed E-state index contributed by atoms with van der Waals surface area (Å²) in [4.78, 5) is 9.93. The first-order chi connectivity index (χ1) is 30.8. The normalized spacial score (nSPS) is 14.2. The zero-order valence-corrected chi connectivity index (χ0v) is 38.1. The highest BCUT2D eigenvalue weighted by Crippen LogP contribution is 2.54. The molecule has 0 fully saturated rings. The molecule has 316 valence electrons. The van der Waals surface area contributed by atoms with E-state index in [9.17, 15) is 0 Å².